The highest BCUT2D eigenvalue weighted by Gasteiger charge is 2.06. The number of carbonyl (C=O) groups is 1. The summed E-state index contributed by atoms with van der Waals surface area (Å²) in [6.45, 7) is 5.38. The van der Waals surface area contributed by atoms with Crippen LogP contribution in [0.15, 0.2) is 16.5 Å². The van der Waals surface area contributed by atoms with Crippen LogP contribution in [0.1, 0.15) is 24.4 Å². The highest BCUT2D eigenvalue weighted by atomic mass is 16.5. The second kappa shape index (κ2) is 5.56. The molecular formula is C11H17NO3. The Hall–Kier alpha value is -1.29. The summed E-state index contributed by atoms with van der Waals surface area (Å²) in [5, 5.41) is 0. The summed E-state index contributed by atoms with van der Waals surface area (Å²) >= 11 is 0. The molecule has 1 rings (SSSR count). The Morgan fingerprint density at radius 2 is 2.27 bits per heavy atom. The van der Waals surface area contributed by atoms with E-state index in [1.165, 1.54) is 0 Å². The predicted octanol–water partition coefficient (Wildman–Crippen LogP) is 1.95. The number of likely N-dealkylation sites (N-methyl/N-ethyl adjacent to an activating group) is 1. The van der Waals surface area contributed by atoms with Crippen molar-refractivity contribution in [2.24, 2.45) is 0 Å². The maximum atomic E-state index is 10.4. The largest absolute Gasteiger partial charge is 0.438 e. The van der Waals surface area contributed by atoms with Crippen LogP contribution in [-0.4, -0.2) is 32.6 Å². The third-order valence-corrected chi connectivity index (χ3v) is 1.98. The van der Waals surface area contributed by atoms with Crippen molar-refractivity contribution in [3.8, 4) is 0 Å². The van der Waals surface area contributed by atoms with Crippen molar-refractivity contribution in [2.75, 3.05) is 25.1 Å². The van der Waals surface area contributed by atoms with Crippen molar-refractivity contribution < 1.29 is 13.9 Å². The van der Waals surface area contributed by atoms with E-state index in [4.69, 9.17) is 9.15 Å². The molecule has 0 aromatic carbocycles. The summed E-state index contributed by atoms with van der Waals surface area (Å²) in [4.78, 5) is 12.3. The maximum Gasteiger partial charge on any atom is 0.196 e. The lowest BCUT2D eigenvalue weighted by Gasteiger charge is -2.16. The van der Waals surface area contributed by atoms with Crippen LogP contribution < -0.4 is 4.90 Å². The minimum Gasteiger partial charge on any atom is -0.438 e. The van der Waals surface area contributed by atoms with Crippen LogP contribution in [0.4, 0.5) is 5.88 Å². The van der Waals surface area contributed by atoms with E-state index >= 15 is 0 Å². The third kappa shape index (κ3) is 3.75. The van der Waals surface area contributed by atoms with E-state index in [0.29, 0.717) is 24.5 Å². The number of anilines is 1. The standard InChI is InChI=1S/C11H17NO3/c1-9(2)14-7-6-12(3)11-5-4-10(8-13)15-11/h4-5,8-9H,6-7H2,1-3H3. The Balaban J connectivity index is 2.39. The van der Waals surface area contributed by atoms with Crippen LogP contribution >= 0.6 is 0 Å². The number of furan rings is 1. The average molecular weight is 211 g/mol. The first-order valence-corrected chi connectivity index (χ1v) is 5.01. The second-order valence-electron chi connectivity index (χ2n) is 3.63. The molecule has 0 N–H and O–H groups in total. The number of ether oxygens (including phenoxy) is 1. The van der Waals surface area contributed by atoms with Gasteiger partial charge in [-0.3, -0.25) is 4.79 Å². The van der Waals surface area contributed by atoms with Gasteiger partial charge in [0.1, 0.15) is 0 Å². The van der Waals surface area contributed by atoms with Crippen LogP contribution in [0.3, 0.4) is 0 Å². The van der Waals surface area contributed by atoms with Crippen molar-refractivity contribution in [2.45, 2.75) is 20.0 Å². The summed E-state index contributed by atoms with van der Waals surface area (Å²) in [5.74, 6) is 1.03. The lowest BCUT2D eigenvalue weighted by molar-refractivity contribution is 0.0842. The lowest BCUT2D eigenvalue weighted by Crippen LogP contribution is -2.23. The van der Waals surface area contributed by atoms with Crippen LogP contribution in [0, 0.1) is 0 Å². The molecule has 0 saturated carbocycles. The molecule has 0 unspecified atom stereocenters. The quantitative estimate of drug-likeness (QED) is 0.674. The molecular weight excluding hydrogens is 194 g/mol. The van der Waals surface area contributed by atoms with Crippen molar-refractivity contribution in [3.63, 3.8) is 0 Å². The van der Waals surface area contributed by atoms with Gasteiger partial charge in [0.15, 0.2) is 17.9 Å². The van der Waals surface area contributed by atoms with Crippen LogP contribution in [0.25, 0.3) is 0 Å². The summed E-state index contributed by atoms with van der Waals surface area (Å²) < 4.78 is 10.7. The molecule has 84 valence electrons. The predicted molar refractivity (Wildman–Crippen MR) is 58.5 cm³/mol. The van der Waals surface area contributed by atoms with Gasteiger partial charge in [0.2, 0.25) is 0 Å². The fourth-order valence-corrected chi connectivity index (χ4v) is 1.15. The molecule has 0 aliphatic carbocycles. The minimum absolute atomic E-state index is 0.237. The van der Waals surface area contributed by atoms with Crippen molar-refractivity contribution in [1.29, 1.82) is 0 Å². The van der Waals surface area contributed by atoms with Gasteiger partial charge in [-0.15, -0.1) is 0 Å². The van der Waals surface area contributed by atoms with Crippen molar-refractivity contribution in [1.82, 2.24) is 0 Å². The Bertz CT molecular complexity index is 307. The number of rotatable bonds is 6. The average Bonchev–Trinajstić information content (AvgIpc) is 2.65. The summed E-state index contributed by atoms with van der Waals surface area (Å²) in [6.07, 6.45) is 0.933. The smallest absolute Gasteiger partial charge is 0.196 e. The molecule has 1 aromatic rings. The van der Waals surface area contributed by atoms with Gasteiger partial charge in [-0.2, -0.15) is 0 Å². The molecule has 0 spiro atoms. The first-order chi connectivity index (χ1) is 7.13. The van der Waals surface area contributed by atoms with Gasteiger partial charge in [0.25, 0.3) is 0 Å². The maximum absolute atomic E-state index is 10.4. The first kappa shape index (κ1) is 11.8. The van der Waals surface area contributed by atoms with Crippen LogP contribution in [0.2, 0.25) is 0 Å². The lowest BCUT2D eigenvalue weighted by atomic mass is 10.4. The molecule has 0 aliphatic rings. The first-order valence-electron chi connectivity index (χ1n) is 5.01. The SMILES string of the molecule is CC(C)OCCN(C)c1ccc(C=O)o1. The summed E-state index contributed by atoms with van der Waals surface area (Å²) in [7, 11) is 1.90. The van der Waals surface area contributed by atoms with E-state index in [1.807, 2.05) is 25.8 Å². The molecule has 1 aromatic heterocycles. The fraction of sp³-hybridized carbons (Fsp3) is 0.545. The van der Waals surface area contributed by atoms with E-state index in [0.717, 1.165) is 6.54 Å². The summed E-state index contributed by atoms with van der Waals surface area (Å²) in [5.41, 5.74) is 0. The molecule has 0 fully saturated rings. The Morgan fingerprint density at radius 3 is 2.80 bits per heavy atom. The molecule has 0 saturated heterocycles. The van der Waals surface area contributed by atoms with Gasteiger partial charge in [0.05, 0.1) is 12.7 Å². The van der Waals surface area contributed by atoms with E-state index in [2.05, 4.69) is 0 Å². The Morgan fingerprint density at radius 1 is 1.53 bits per heavy atom. The number of hydrogen-bond donors (Lipinski definition) is 0. The van der Waals surface area contributed by atoms with E-state index in [1.54, 1.807) is 12.1 Å². The van der Waals surface area contributed by atoms with Crippen LogP contribution in [-0.2, 0) is 4.74 Å². The third-order valence-electron chi connectivity index (χ3n) is 1.98. The topological polar surface area (TPSA) is 42.7 Å². The molecule has 1 heterocycles. The highest BCUT2D eigenvalue weighted by molar-refractivity contribution is 5.71. The Kier molecular flexibility index (Phi) is 4.37. The van der Waals surface area contributed by atoms with Crippen molar-refractivity contribution in [3.05, 3.63) is 17.9 Å². The highest BCUT2D eigenvalue weighted by Crippen LogP contribution is 2.15. The van der Waals surface area contributed by atoms with Gasteiger partial charge in [-0.05, 0) is 19.9 Å². The van der Waals surface area contributed by atoms with E-state index in [-0.39, 0.29) is 6.10 Å². The molecule has 0 amide bonds. The molecule has 4 nitrogen and oxygen atoms in total. The molecule has 0 aliphatic heterocycles. The van der Waals surface area contributed by atoms with Crippen LogP contribution in [0.5, 0.6) is 0 Å². The molecule has 15 heavy (non-hydrogen) atoms. The monoisotopic (exact) mass is 211 g/mol. The molecule has 0 bridgehead atoms. The zero-order valence-electron chi connectivity index (χ0n) is 9.40. The molecule has 4 heteroatoms. The molecule has 0 radical (unpaired) electrons. The second-order valence-corrected chi connectivity index (χ2v) is 3.63. The zero-order chi connectivity index (χ0) is 11.3. The van der Waals surface area contributed by atoms with Crippen molar-refractivity contribution >= 4 is 12.2 Å². The Labute approximate surface area is 89.8 Å². The normalized spacial score (nSPS) is 10.7. The van der Waals surface area contributed by atoms with Gasteiger partial charge < -0.3 is 14.1 Å². The van der Waals surface area contributed by atoms with Gasteiger partial charge in [-0.1, -0.05) is 0 Å². The van der Waals surface area contributed by atoms with Gasteiger partial charge in [-0.25, -0.2) is 0 Å². The van der Waals surface area contributed by atoms with E-state index in [9.17, 15) is 4.79 Å². The summed E-state index contributed by atoms with van der Waals surface area (Å²) in [6, 6.07) is 3.43. The van der Waals surface area contributed by atoms with Gasteiger partial charge >= 0.3 is 0 Å². The molecule has 0 atom stereocenters. The minimum atomic E-state index is 0.237. The van der Waals surface area contributed by atoms with Gasteiger partial charge in [0, 0.05) is 19.7 Å². The number of hydrogen-bond acceptors (Lipinski definition) is 4. The number of aldehydes is 1. The number of carbonyl (C=O) groups excluding carboxylic acids is 1. The van der Waals surface area contributed by atoms with E-state index < -0.39 is 0 Å². The number of nitrogens with zero attached hydrogens (tertiary/aromatic N) is 1. The fourth-order valence-electron chi connectivity index (χ4n) is 1.15. The zero-order valence-corrected chi connectivity index (χ0v) is 9.40.